The van der Waals surface area contributed by atoms with Crippen LogP contribution < -0.4 is 15.4 Å². The summed E-state index contributed by atoms with van der Waals surface area (Å²) in [4.78, 5) is 6.78. The van der Waals surface area contributed by atoms with Crippen molar-refractivity contribution in [2.24, 2.45) is 4.99 Å². The van der Waals surface area contributed by atoms with E-state index in [1.54, 1.807) is 0 Å². The number of rotatable bonds is 11. The van der Waals surface area contributed by atoms with Crippen molar-refractivity contribution in [2.45, 2.75) is 60.1 Å². The van der Waals surface area contributed by atoms with E-state index in [0.29, 0.717) is 6.54 Å². The second-order valence-electron chi connectivity index (χ2n) is 6.86. The molecule has 0 fully saturated rings. The zero-order valence-electron chi connectivity index (χ0n) is 18.0. The number of unbranched alkanes of at least 4 members (excludes halogenated alkanes) is 1. The van der Waals surface area contributed by atoms with Crippen LogP contribution in [0.3, 0.4) is 0 Å². The van der Waals surface area contributed by atoms with Crippen LogP contribution in [-0.4, -0.2) is 50.2 Å². The molecule has 0 radical (unpaired) electrons. The van der Waals surface area contributed by atoms with E-state index in [9.17, 15) is 0 Å². The summed E-state index contributed by atoms with van der Waals surface area (Å²) < 4.78 is 5.94. The Hall–Kier alpha value is -1.02. The third kappa shape index (κ3) is 10.8. The topological polar surface area (TPSA) is 48.9 Å². The van der Waals surface area contributed by atoms with Gasteiger partial charge in [-0.3, -0.25) is 4.99 Å². The zero-order chi connectivity index (χ0) is 19.4. The summed E-state index contributed by atoms with van der Waals surface area (Å²) in [5.41, 5.74) is 2.36. The predicted octanol–water partition coefficient (Wildman–Crippen LogP) is 4.19. The van der Waals surface area contributed by atoms with E-state index in [1.807, 2.05) is 7.05 Å². The molecule has 0 aromatic heterocycles. The van der Waals surface area contributed by atoms with Crippen molar-refractivity contribution < 1.29 is 4.74 Å². The molecular formula is C21H39IN4O. The summed E-state index contributed by atoms with van der Waals surface area (Å²) >= 11 is 0. The number of aryl methyl sites for hydroxylation is 1. The fraction of sp³-hybridized carbons (Fsp3) is 0.667. The van der Waals surface area contributed by atoms with Crippen molar-refractivity contribution in [3.8, 4) is 5.75 Å². The highest BCUT2D eigenvalue weighted by Crippen LogP contribution is 2.21. The lowest BCUT2D eigenvalue weighted by molar-refractivity contribution is 0.239. The van der Waals surface area contributed by atoms with Gasteiger partial charge in [0, 0.05) is 25.7 Å². The highest BCUT2D eigenvalue weighted by atomic mass is 127. The smallest absolute Gasteiger partial charge is 0.191 e. The van der Waals surface area contributed by atoms with E-state index >= 15 is 0 Å². The minimum Gasteiger partial charge on any atom is -0.491 e. The number of guanidine groups is 1. The Morgan fingerprint density at radius 1 is 1.15 bits per heavy atom. The van der Waals surface area contributed by atoms with Gasteiger partial charge in [-0.1, -0.05) is 26.0 Å². The summed E-state index contributed by atoms with van der Waals surface area (Å²) in [7, 11) is 1.81. The van der Waals surface area contributed by atoms with E-state index < -0.39 is 0 Å². The molecule has 0 bridgehead atoms. The number of hydrogen-bond acceptors (Lipinski definition) is 3. The number of nitrogens with one attached hydrogen (secondary N) is 2. The molecule has 0 atom stereocenters. The molecule has 6 heteroatoms. The van der Waals surface area contributed by atoms with Crippen LogP contribution in [0.4, 0.5) is 0 Å². The molecule has 27 heavy (non-hydrogen) atoms. The average Bonchev–Trinajstić information content (AvgIpc) is 2.61. The van der Waals surface area contributed by atoms with E-state index in [2.05, 4.69) is 73.3 Å². The molecule has 0 aliphatic heterocycles. The molecule has 0 aliphatic carbocycles. The molecule has 1 aromatic carbocycles. The highest BCUT2D eigenvalue weighted by molar-refractivity contribution is 14.0. The second-order valence-corrected chi connectivity index (χ2v) is 6.86. The number of hydrogen-bond donors (Lipinski definition) is 2. The van der Waals surface area contributed by atoms with Crippen molar-refractivity contribution in [3.63, 3.8) is 0 Å². The van der Waals surface area contributed by atoms with Crippen molar-refractivity contribution in [1.29, 1.82) is 0 Å². The van der Waals surface area contributed by atoms with Gasteiger partial charge < -0.3 is 20.3 Å². The van der Waals surface area contributed by atoms with E-state index in [1.165, 1.54) is 18.5 Å². The monoisotopic (exact) mass is 490 g/mol. The van der Waals surface area contributed by atoms with Gasteiger partial charge in [-0.2, -0.15) is 0 Å². The Bertz CT molecular complexity index is 545. The molecular weight excluding hydrogens is 451 g/mol. The predicted molar refractivity (Wildman–Crippen MR) is 128 cm³/mol. The SMILES string of the molecule is CCN(CC)CCCCNC(=NC)NCc1ccc(C)cc1OC(C)C.I. The lowest BCUT2D eigenvalue weighted by Crippen LogP contribution is -2.37. The Kier molecular flexibility index (Phi) is 14.4. The van der Waals surface area contributed by atoms with Crippen LogP contribution in [0.15, 0.2) is 23.2 Å². The third-order valence-electron chi connectivity index (χ3n) is 4.34. The average molecular weight is 490 g/mol. The third-order valence-corrected chi connectivity index (χ3v) is 4.34. The lowest BCUT2D eigenvalue weighted by atomic mass is 10.1. The standard InChI is InChI=1S/C21H38N4O.HI/c1-7-25(8-2)14-10-9-13-23-21(22-6)24-16-19-12-11-18(5)15-20(19)26-17(3)4;/h11-12,15,17H,7-10,13-14,16H2,1-6H3,(H2,22,23,24);1H. The summed E-state index contributed by atoms with van der Waals surface area (Å²) in [6, 6.07) is 6.34. The summed E-state index contributed by atoms with van der Waals surface area (Å²) in [6.07, 6.45) is 2.51. The quantitative estimate of drug-likeness (QED) is 0.212. The van der Waals surface area contributed by atoms with Gasteiger partial charge in [0.1, 0.15) is 5.75 Å². The van der Waals surface area contributed by atoms with Gasteiger partial charge in [-0.05, 0) is 64.9 Å². The Morgan fingerprint density at radius 2 is 1.85 bits per heavy atom. The zero-order valence-corrected chi connectivity index (χ0v) is 20.3. The first-order chi connectivity index (χ1) is 12.5. The Balaban J connectivity index is 0.00000676. The number of benzene rings is 1. The maximum atomic E-state index is 5.94. The van der Waals surface area contributed by atoms with Crippen LogP contribution in [0.5, 0.6) is 5.75 Å². The van der Waals surface area contributed by atoms with Gasteiger partial charge in [0.25, 0.3) is 0 Å². The van der Waals surface area contributed by atoms with Gasteiger partial charge in [-0.15, -0.1) is 24.0 Å². The van der Waals surface area contributed by atoms with Crippen molar-refractivity contribution >= 4 is 29.9 Å². The number of nitrogens with zero attached hydrogens (tertiary/aromatic N) is 2. The Labute approximate surface area is 183 Å². The van der Waals surface area contributed by atoms with E-state index in [0.717, 1.165) is 43.3 Å². The fourth-order valence-electron chi connectivity index (χ4n) is 2.78. The van der Waals surface area contributed by atoms with Gasteiger partial charge >= 0.3 is 0 Å². The molecule has 1 aromatic rings. The molecule has 0 aliphatic rings. The molecule has 0 unspecified atom stereocenters. The van der Waals surface area contributed by atoms with Crippen LogP contribution in [0.2, 0.25) is 0 Å². The summed E-state index contributed by atoms with van der Waals surface area (Å²) in [5, 5.41) is 6.79. The van der Waals surface area contributed by atoms with Crippen molar-refractivity contribution in [3.05, 3.63) is 29.3 Å². The van der Waals surface area contributed by atoms with Gasteiger partial charge in [0.15, 0.2) is 5.96 Å². The van der Waals surface area contributed by atoms with Crippen LogP contribution in [-0.2, 0) is 6.54 Å². The molecule has 156 valence electrons. The van der Waals surface area contributed by atoms with E-state index in [4.69, 9.17) is 4.74 Å². The number of halogens is 1. The molecule has 2 N–H and O–H groups in total. The summed E-state index contributed by atoms with van der Waals surface area (Å²) in [6.45, 7) is 15.7. The van der Waals surface area contributed by atoms with Gasteiger partial charge in [0.05, 0.1) is 6.10 Å². The highest BCUT2D eigenvalue weighted by Gasteiger charge is 2.07. The minimum absolute atomic E-state index is 0. The van der Waals surface area contributed by atoms with Crippen LogP contribution in [0.25, 0.3) is 0 Å². The van der Waals surface area contributed by atoms with Crippen LogP contribution in [0, 0.1) is 6.92 Å². The maximum Gasteiger partial charge on any atom is 0.191 e. The first-order valence-electron chi connectivity index (χ1n) is 9.93. The Morgan fingerprint density at radius 3 is 2.44 bits per heavy atom. The number of ether oxygens (including phenoxy) is 1. The first-order valence-corrected chi connectivity index (χ1v) is 9.93. The molecule has 0 amide bonds. The minimum atomic E-state index is 0. The first kappa shape index (κ1) is 26.0. The fourth-order valence-corrected chi connectivity index (χ4v) is 2.78. The summed E-state index contributed by atoms with van der Waals surface area (Å²) in [5.74, 6) is 1.78. The molecule has 0 spiro atoms. The van der Waals surface area contributed by atoms with Crippen LogP contribution >= 0.6 is 24.0 Å². The van der Waals surface area contributed by atoms with Crippen molar-refractivity contribution in [2.75, 3.05) is 33.2 Å². The lowest BCUT2D eigenvalue weighted by Gasteiger charge is -2.18. The molecule has 1 rings (SSSR count). The number of aliphatic imine (C=N–C) groups is 1. The molecule has 0 saturated heterocycles. The largest absolute Gasteiger partial charge is 0.491 e. The maximum absolute atomic E-state index is 5.94. The van der Waals surface area contributed by atoms with E-state index in [-0.39, 0.29) is 30.1 Å². The molecule has 0 heterocycles. The van der Waals surface area contributed by atoms with Crippen molar-refractivity contribution in [1.82, 2.24) is 15.5 Å². The van der Waals surface area contributed by atoms with Crippen LogP contribution in [0.1, 0.15) is 51.7 Å². The normalized spacial score (nSPS) is 11.5. The molecule has 0 saturated carbocycles. The van der Waals surface area contributed by atoms with Gasteiger partial charge in [0.2, 0.25) is 0 Å². The van der Waals surface area contributed by atoms with Gasteiger partial charge in [-0.25, -0.2) is 0 Å². The molecule has 5 nitrogen and oxygen atoms in total. The second kappa shape index (κ2) is 15.0.